The quantitative estimate of drug-likeness (QED) is 0.929. The summed E-state index contributed by atoms with van der Waals surface area (Å²) in [5.41, 5.74) is 1.03. The third-order valence-electron chi connectivity index (χ3n) is 4.41. The van der Waals surface area contributed by atoms with E-state index in [1.807, 2.05) is 4.90 Å². The first-order valence-electron chi connectivity index (χ1n) is 7.78. The molecule has 2 amide bonds. The lowest BCUT2D eigenvalue weighted by atomic mass is 9.95. The number of hydrogen-bond donors (Lipinski definition) is 1. The highest BCUT2D eigenvalue weighted by molar-refractivity contribution is 5.94. The first-order chi connectivity index (χ1) is 10.7. The van der Waals surface area contributed by atoms with Crippen molar-refractivity contribution in [3.63, 3.8) is 0 Å². The standard InChI is InChI=1S/C17H19N3O2/c18-11-14-3-1-2-4-15(14)19-16(21)12-7-9-20(10-8-12)17(22)13-5-6-13/h1-4,12-13H,5-10H2,(H,19,21). The van der Waals surface area contributed by atoms with Crippen LogP contribution in [0.5, 0.6) is 0 Å². The highest BCUT2D eigenvalue weighted by atomic mass is 16.2. The van der Waals surface area contributed by atoms with Crippen molar-refractivity contribution in [1.82, 2.24) is 4.90 Å². The monoisotopic (exact) mass is 297 g/mol. The number of likely N-dealkylation sites (tertiary alicyclic amines) is 1. The molecule has 5 nitrogen and oxygen atoms in total. The first kappa shape index (κ1) is 14.6. The molecule has 0 radical (unpaired) electrons. The van der Waals surface area contributed by atoms with Gasteiger partial charge in [0.1, 0.15) is 6.07 Å². The molecule has 22 heavy (non-hydrogen) atoms. The van der Waals surface area contributed by atoms with Gasteiger partial charge in [0.05, 0.1) is 11.3 Å². The summed E-state index contributed by atoms with van der Waals surface area (Å²) in [6.07, 6.45) is 3.42. The fourth-order valence-corrected chi connectivity index (χ4v) is 2.87. The Morgan fingerprint density at radius 1 is 1.09 bits per heavy atom. The number of rotatable bonds is 3. The van der Waals surface area contributed by atoms with Crippen molar-refractivity contribution in [2.45, 2.75) is 25.7 Å². The number of amides is 2. The summed E-state index contributed by atoms with van der Waals surface area (Å²) in [6, 6.07) is 9.08. The van der Waals surface area contributed by atoms with E-state index in [0.717, 1.165) is 12.8 Å². The molecule has 3 rings (SSSR count). The van der Waals surface area contributed by atoms with Gasteiger partial charge in [0.25, 0.3) is 0 Å². The number of carbonyl (C=O) groups is 2. The van der Waals surface area contributed by atoms with Gasteiger partial charge in [-0.2, -0.15) is 5.26 Å². The zero-order chi connectivity index (χ0) is 15.5. The molecule has 1 saturated carbocycles. The Hall–Kier alpha value is -2.35. The lowest BCUT2D eigenvalue weighted by Gasteiger charge is -2.31. The molecule has 114 valence electrons. The van der Waals surface area contributed by atoms with Crippen LogP contribution in [0.4, 0.5) is 5.69 Å². The number of para-hydroxylation sites is 1. The predicted octanol–water partition coefficient (Wildman–Crippen LogP) is 2.15. The van der Waals surface area contributed by atoms with E-state index < -0.39 is 0 Å². The summed E-state index contributed by atoms with van der Waals surface area (Å²) in [4.78, 5) is 26.2. The molecule has 1 aromatic carbocycles. The van der Waals surface area contributed by atoms with Crippen LogP contribution in [0, 0.1) is 23.2 Å². The molecular formula is C17H19N3O2. The van der Waals surface area contributed by atoms with Gasteiger partial charge in [0.2, 0.25) is 11.8 Å². The number of anilines is 1. The molecule has 1 N–H and O–H groups in total. The Morgan fingerprint density at radius 2 is 1.77 bits per heavy atom. The number of nitrogens with zero attached hydrogens (tertiary/aromatic N) is 2. The number of benzene rings is 1. The van der Waals surface area contributed by atoms with Crippen LogP contribution < -0.4 is 5.32 Å². The Balaban J connectivity index is 1.56. The Kier molecular flexibility index (Phi) is 4.10. The van der Waals surface area contributed by atoms with Gasteiger partial charge in [-0.05, 0) is 37.8 Å². The van der Waals surface area contributed by atoms with Crippen LogP contribution in [-0.2, 0) is 9.59 Å². The van der Waals surface area contributed by atoms with Gasteiger partial charge in [-0.3, -0.25) is 9.59 Å². The summed E-state index contributed by atoms with van der Waals surface area (Å²) in [6.45, 7) is 1.32. The third-order valence-corrected chi connectivity index (χ3v) is 4.41. The van der Waals surface area contributed by atoms with E-state index in [-0.39, 0.29) is 23.7 Å². The van der Waals surface area contributed by atoms with Crippen LogP contribution in [0.3, 0.4) is 0 Å². The topological polar surface area (TPSA) is 73.2 Å². The second kappa shape index (κ2) is 6.18. The van der Waals surface area contributed by atoms with E-state index in [9.17, 15) is 9.59 Å². The van der Waals surface area contributed by atoms with E-state index >= 15 is 0 Å². The fourth-order valence-electron chi connectivity index (χ4n) is 2.87. The molecule has 1 aliphatic carbocycles. The Bertz CT molecular complexity index is 623. The molecule has 1 saturated heterocycles. The second-order valence-electron chi connectivity index (χ2n) is 6.02. The van der Waals surface area contributed by atoms with Crippen LogP contribution in [0.25, 0.3) is 0 Å². The number of piperidine rings is 1. The van der Waals surface area contributed by atoms with Crippen LogP contribution in [0.15, 0.2) is 24.3 Å². The summed E-state index contributed by atoms with van der Waals surface area (Å²) in [5, 5.41) is 11.9. The van der Waals surface area contributed by atoms with E-state index in [4.69, 9.17) is 5.26 Å². The van der Waals surface area contributed by atoms with Crippen LogP contribution in [0.2, 0.25) is 0 Å². The molecule has 2 fully saturated rings. The highest BCUT2D eigenvalue weighted by Crippen LogP contribution is 2.32. The van der Waals surface area contributed by atoms with Crippen molar-refractivity contribution < 1.29 is 9.59 Å². The highest BCUT2D eigenvalue weighted by Gasteiger charge is 2.35. The van der Waals surface area contributed by atoms with E-state index in [1.54, 1.807) is 24.3 Å². The van der Waals surface area contributed by atoms with Crippen molar-refractivity contribution >= 4 is 17.5 Å². The van der Waals surface area contributed by atoms with Crippen molar-refractivity contribution in [2.75, 3.05) is 18.4 Å². The molecule has 0 atom stereocenters. The third kappa shape index (κ3) is 3.11. The minimum Gasteiger partial charge on any atom is -0.342 e. The number of hydrogen-bond acceptors (Lipinski definition) is 3. The molecule has 5 heteroatoms. The number of nitrogens with one attached hydrogen (secondary N) is 1. The SMILES string of the molecule is N#Cc1ccccc1NC(=O)C1CCN(C(=O)C2CC2)CC1. The Morgan fingerprint density at radius 3 is 2.41 bits per heavy atom. The molecule has 1 aliphatic heterocycles. The lowest BCUT2D eigenvalue weighted by Crippen LogP contribution is -2.42. The maximum Gasteiger partial charge on any atom is 0.227 e. The van der Waals surface area contributed by atoms with Crippen LogP contribution in [-0.4, -0.2) is 29.8 Å². The predicted molar refractivity (Wildman–Crippen MR) is 81.8 cm³/mol. The molecule has 0 aromatic heterocycles. The van der Waals surface area contributed by atoms with E-state index in [2.05, 4.69) is 11.4 Å². The molecule has 2 aliphatic rings. The zero-order valence-corrected chi connectivity index (χ0v) is 12.4. The van der Waals surface area contributed by atoms with E-state index in [1.165, 1.54) is 0 Å². The summed E-state index contributed by atoms with van der Waals surface area (Å²) in [7, 11) is 0. The van der Waals surface area contributed by atoms with Crippen molar-refractivity contribution in [1.29, 1.82) is 5.26 Å². The van der Waals surface area contributed by atoms with Crippen LogP contribution >= 0.6 is 0 Å². The second-order valence-corrected chi connectivity index (χ2v) is 6.02. The van der Waals surface area contributed by atoms with Gasteiger partial charge < -0.3 is 10.2 Å². The van der Waals surface area contributed by atoms with E-state index in [0.29, 0.717) is 37.2 Å². The minimum absolute atomic E-state index is 0.0544. The molecule has 1 heterocycles. The molecule has 0 bridgehead atoms. The van der Waals surface area contributed by atoms with Gasteiger partial charge in [-0.15, -0.1) is 0 Å². The average molecular weight is 297 g/mol. The van der Waals surface area contributed by atoms with Gasteiger partial charge in [-0.1, -0.05) is 12.1 Å². The lowest BCUT2D eigenvalue weighted by molar-refractivity contribution is -0.135. The van der Waals surface area contributed by atoms with Gasteiger partial charge >= 0.3 is 0 Å². The molecule has 0 spiro atoms. The maximum atomic E-state index is 12.3. The maximum absolute atomic E-state index is 12.3. The van der Waals surface area contributed by atoms with Gasteiger partial charge in [0.15, 0.2) is 0 Å². The molecular weight excluding hydrogens is 278 g/mol. The fraction of sp³-hybridized carbons (Fsp3) is 0.471. The van der Waals surface area contributed by atoms with Crippen molar-refractivity contribution in [3.8, 4) is 6.07 Å². The average Bonchev–Trinajstić information content (AvgIpc) is 3.40. The number of nitriles is 1. The molecule has 0 unspecified atom stereocenters. The van der Waals surface area contributed by atoms with Crippen LogP contribution in [0.1, 0.15) is 31.2 Å². The summed E-state index contributed by atoms with van der Waals surface area (Å²) >= 11 is 0. The minimum atomic E-state index is -0.0880. The summed E-state index contributed by atoms with van der Waals surface area (Å²) in [5.74, 6) is 0.359. The van der Waals surface area contributed by atoms with Gasteiger partial charge in [-0.25, -0.2) is 0 Å². The van der Waals surface area contributed by atoms with Crippen molar-refractivity contribution in [2.24, 2.45) is 11.8 Å². The van der Waals surface area contributed by atoms with Crippen molar-refractivity contribution in [3.05, 3.63) is 29.8 Å². The normalized spacial score (nSPS) is 18.6. The summed E-state index contributed by atoms with van der Waals surface area (Å²) < 4.78 is 0. The molecule has 1 aromatic rings. The first-order valence-corrected chi connectivity index (χ1v) is 7.78. The van der Waals surface area contributed by atoms with Gasteiger partial charge in [0, 0.05) is 24.9 Å². The Labute approximate surface area is 129 Å². The smallest absolute Gasteiger partial charge is 0.227 e. The number of carbonyl (C=O) groups excluding carboxylic acids is 2. The zero-order valence-electron chi connectivity index (χ0n) is 12.4. The largest absolute Gasteiger partial charge is 0.342 e.